The average Bonchev–Trinajstić information content (AvgIpc) is 3.45. The molecule has 0 aromatic rings. The van der Waals surface area contributed by atoms with E-state index in [1.54, 1.807) is 0 Å². The number of carbonyl (C=O) groups excluding carboxylic acids is 3. The van der Waals surface area contributed by atoms with Crippen molar-refractivity contribution in [2.45, 2.75) is 399 Å². The number of hydrogen-bond donors (Lipinski definition) is 0. The summed E-state index contributed by atoms with van der Waals surface area (Å²) in [6.45, 7) is 6.58. The summed E-state index contributed by atoms with van der Waals surface area (Å²) in [6, 6.07) is 0. The molecule has 0 amide bonds. The number of ether oxygens (including phenoxy) is 3. The zero-order valence-electron chi connectivity index (χ0n) is 53.4. The molecule has 6 nitrogen and oxygen atoms in total. The second-order valence-electron chi connectivity index (χ2n) is 24.1. The van der Waals surface area contributed by atoms with Gasteiger partial charge in [0.15, 0.2) is 6.10 Å². The molecule has 0 spiro atoms. The lowest BCUT2D eigenvalue weighted by Crippen LogP contribution is -2.30. The zero-order valence-corrected chi connectivity index (χ0v) is 53.4. The van der Waals surface area contributed by atoms with Crippen molar-refractivity contribution < 1.29 is 28.6 Å². The summed E-state index contributed by atoms with van der Waals surface area (Å²) in [4.78, 5) is 38.3. The van der Waals surface area contributed by atoms with Gasteiger partial charge in [0.1, 0.15) is 13.2 Å². The molecule has 0 N–H and O–H groups in total. The lowest BCUT2D eigenvalue weighted by molar-refractivity contribution is -0.167. The van der Waals surface area contributed by atoms with Crippen LogP contribution in [-0.2, 0) is 28.6 Å². The third-order valence-electron chi connectivity index (χ3n) is 16.2. The molecule has 0 aliphatic carbocycles. The molecule has 464 valence electrons. The molecule has 0 aromatic heterocycles. The van der Waals surface area contributed by atoms with Crippen molar-refractivity contribution in [3.8, 4) is 0 Å². The quantitative estimate of drug-likeness (QED) is 0.0261. The Morgan fingerprint density at radius 3 is 0.772 bits per heavy atom. The highest BCUT2D eigenvalue weighted by Gasteiger charge is 2.19. The Kier molecular flexibility index (Phi) is 66.1. The number of unbranched alkanes of at least 4 members (excludes halogenated alkanes) is 49. The van der Waals surface area contributed by atoms with Gasteiger partial charge in [-0.3, -0.25) is 14.4 Å². The molecule has 0 aliphatic heterocycles. The van der Waals surface area contributed by atoms with Crippen molar-refractivity contribution in [2.75, 3.05) is 13.2 Å². The van der Waals surface area contributed by atoms with Gasteiger partial charge in [-0.1, -0.05) is 359 Å². The van der Waals surface area contributed by atoms with E-state index in [0.29, 0.717) is 19.3 Å². The minimum atomic E-state index is -0.774. The fourth-order valence-electron chi connectivity index (χ4n) is 10.9. The maximum absolute atomic E-state index is 12.9. The minimum absolute atomic E-state index is 0.0710. The molecular weight excluding hydrogens is 973 g/mol. The lowest BCUT2D eigenvalue weighted by atomic mass is 10.0. The van der Waals surface area contributed by atoms with Crippen LogP contribution in [-0.4, -0.2) is 37.2 Å². The molecule has 0 radical (unpaired) electrons. The summed E-state index contributed by atoms with van der Waals surface area (Å²) in [5, 5.41) is 0. The third-order valence-corrected chi connectivity index (χ3v) is 16.2. The van der Waals surface area contributed by atoms with Crippen LogP contribution in [0.4, 0.5) is 0 Å². The van der Waals surface area contributed by atoms with E-state index in [9.17, 15) is 14.4 Å². The van der Waals surface area contributed by atoms with Gasteiger partial charge in [-0.25, -0.2) is 0 Å². The van der Waals surface area contributed by atoms with E-state index in [-0.39, 0.29) is 31.1 Å². The predicted molar refractivity (Wildman–Crippen MR) is 344 cm³/mol. The number of allylic oxidation sites excluding steroid dienone is 6. The van der Waals surface area contributed by atoms with Crippen molar-refractivity contribution in [1.82, 2.24) is 0 Å². The lowest BCUT2D eigenvalue weighted by Gasteiger charge is -2.18. The van der Waals surface area contributed by atoms with Gasteiger partial charge in [-0.2, -0.15) is 0 Å². The molecule has 0 bridgehead atoms. The van der Waals surface area contributed by atoms with Crippen molar-refractivity contribution in [3.05, 3.63) is 36.5 Å². The van der Waals surface area contributed by atoms with Crippen LogP contribution in [0.1, 0.15) is 393 Å². The fourth-order valence-corrected chi connectivity index (χ4v) is 10.9. The smallest absolute Gasteiger partial charge is 0.306 e. The largest absolute Gasteiger partial charge is 0.462 e. The van der Waals surface area contributed by atoms with Crippen LogP contribution in [0.2, 0.25) is 0 Å². The molecule has 0 aliphatic rings. The van der Waals surface area contributed by atoms with Crippen molar-refractivity contribution in [1.29, 1.82) is 0 Å². The molecular formula is C73H136O6. The Morgan fingerprint density at radius 2 is 0.494 bits per heavy atom. The van der Waals surface area contributed by atoms with Crippen molar-refractivity contribution >= 4 is 17.9 Å². The average molecular weight is 1110 g/mol. The molecule has 0 heterocycles. The van der Waals surface area contributed by atoms with Crippen LogP contribution in [0.25, 0.3) is 0 Å². The second kappa shape index (κ2) is 68.1. The Bertz CT molecular complexity index is 1320. The van der Waals surface area contributed by atoms with Gasteiger partial charge in [-0.15, -0.1) is 0 Å². The Balaban J connectivity index is 4.05. The van der Waals surface area contributed by atoms with Crippen LogP contribution in [0.5, 0.6) is 0 Å². The highest BCUT2D eigenvalue weighted by atomic mass is 16.6. The highest BCUT2D eigenvalue weighted by Crippen LogP contribution is 2.19. The van der Waals surface area contributed by atoms with Gasteiger partial charge in [0, 0.05) is 19.3 Å². The monoisotopic (exact) mass is 1110 g/mol. The molecule has 0 aromatic carbocycles. The summed E-state index contributed by atoms with van der Waals surface area (Å²) >= 11 is 0. The standard InChI is InChI=1S/C73H136O6/c1-4-7-10-13-16-19-22-24-26-28-29-30-31-32-33-34-35-36-37-38-39-40-41-42-43-45-46-48-51-54-57-60-63-66-72(75)78-69-70(68-77-71(74)65-62-59-56-53-50-21-18-15-12-9-6-3)79-73(76)67-64-61-58-55-52-49-47-44-27-25-23-20-17-14-11-8-5-2/h8,11,17,20,25,27,70H,4-7,9-10,12-16,18-19,21-24,26,28-69H2,1-3H3/b11-8-,20-17-,27-25-. The van der Waals surface area contributed by atoms with E-state index in [4.69, 9.17) is 14.2 Å². The van der Waals surface area contributed by atoms with Gasteiger partial charge >= 0.3 is 17.9 Å². The number of carbonyl (C=O) groups is 3. The molecule has 0 saturated heterocycles. The minimum Gasteiger partial charge on any atom is -0.462 e. The maximum Gasteiger partial charge on any atom is 0.306 e. The van der Waals surface area contributed by atoms with Crippen LogP contribution >= 0.6 is 0 Å². The first-order valence-corrected chi connectivity index (χ1v) is 35.5. The molecule has 79 heavy (non-hydrogen) atoms. The first-order chi connectivity index (χ1) is 39.0. The van der Waals surface area contributed by atoms with Crippen LogP contribution < -0.4 is 0 Å². The highest BCUT2D eigenvalue weighted by molar-refractivity contribution is 5.71. The van der Waals surface area contributed by atoms with Gasteiger partial charge in [0.05, 0.1) is 0 Å². The zero-order chi connectivity index (χ0) is 57.1. The summed E-state index contributed by atoms with van der Waals surface area (Å²) in [7, 11) is 0. The van der Waals surface area contributed by atoms with Gasteiger partial charge in [0.25, 0.3) is 0 Å². The topological polar surface area (TPSA) is 78.9 Å². The first kappa shape index (κ1) is 76.6. The van der Waals surface area contributed by atoms with Crippen LogP contribution in [0, 0.1) is 0 Å². The third kappa shape index (κ3) is 66.3. The second-order valence-corrected chi connectivity index (χ2v) is 24.1. The summed E-state index contributed by atoms with van der Waals surface area (Å²) in [5.41, 5.74) is 0. The van der Waals surface area contributed by atoms with Gasteiger partial charge in [0.2, 0.25) is 0 Å². The van der Waals surface area contributed by atoms with Crippen molar-refractivity contribution in [2.24, 2.45) is 0 Å². The van der Waals surface area contributed by atoms with E-state index in [1.165, 1.54) is 270 Å². The van der Waals surface area contributed by atoms with Crippen LogP contribution in [0.15, 0.2) is 36.5 Å². The number of rotatable bonds is 66. The van der Waals surface area contributed by atoms with Gasteiger partial charge in [-0.05, 0) is 51.4 Å². The Hall–Kier alpha value is -2.37. The molecule has 0 saturated carbocycles. The summed E-state index contributed by atoms with van der Waals surface area (Å²) < 4.78 is 16.9. The first-order valence-electron chi connectivity index (χ1n) is 35.5. The van der Waals surface area contributed by atoms with E-state index in [0.717, 1.165) is 83.5 Å². The molecule has 6 heteroatoms. The fraction of sp³-hybridized carbons (Fsp3) is 0.877. The Labute approximate surface area is 493 Å². The van der Waals surface area contributed by atoms with Gasteiger partial charge < -0.3 is 14.2 Å². The molecule has 1 unspecified atom stereocenters. The van der Waals surface area contributed by atoms with E-state index < -0.39 is 6.10 Å². The predicted octanol–water partition coefficient (Wildman–Crippen LogP) is 24.3. The van der Waals surface area contributed by atoms with Crippen molar-refractivity contribution in [3.63, 3.8) is 0 Å². The number of hydrogen-bond acceptors (Lipinski definition) is 6. The molecule has 1 atom stereocenters. The maximum atomic E-state index is 12.9. The van der Waals surface area contributed by atoms with E-state index in [1.807, 2.05) is 0 Å². The summed E-state index contributed by atoms with van der Waals surface area (Å²) in [6.07, 6.45) is 84.9. The van der Waals surface area contributed by atoms with E-state index >= 15 is 0 Å². The molecule has 0 rings (SSSR count). The van der Waals surface area contributed by atoms with E-state index in [2.05, 4.69) is 57.2 Å². The normalized spacial score (nSPS) is 12.2. The number of esters is 3. The SMILES string of the molecule is CC/C=C\C/C=C\C/C=C\CCCCCCCCCC(=O)OC(COC(=O)CCCCCCCCCCCCC)COC(=O)CCCCCCCCCCCCCCCCCCCCCCCCCCCCCCCCCCC. The van der Waals surface area contributed by atoms with Crippen LogP contribution in [0.3, 0.4) is 0 Å². The molecule has 0 fully saturated rings. The summed E-state index contributed by atoms with van der Waals surface area (Å²) in [5.74, 6) is -0.856. The Morgan fingerprint density at radius 1 is 0.266 bits per heavy atom.